The molecule has 2 heterocycles. The third kappa shape index (κ3) is 2.00. The molecule has 19 heavy (non-hydrogen) atoms. The molecule has 1 fully saturated rings. The molecule has 1 atom stereocenters. The second kappa shape index (κ2) is 4.71. The number of fused-ring (bicyclic) bond motifs is 2. The molecule has 3 heteroatoms. The van der Waals surface area contributed by atoms with Gasteiger partial charge >= 0.3 is 0 Å². The van der Waals surface area contributed by atoms with Crippen molar-refractivity contribution < 1.29 is 9.47 Å². The quantitative estimate of drug-likeness (QED) is 0.840. The molecular formula is C16H21NO2. The molecule has 0 radical (unpaired) electrons. The average molecular weight is 259 g/mol. The molecule has 102 valence electrons. The lowest BCUT2D eigenvalue weighted by Crippen LogP contribution is -2.35. The van der Waals surface area contributed by atoms with Crippen LogP contribution in [0, 0.1) is 5.92 Å². The van der Waals surface area contributed by atoms with Crippen molar-refractivity contribution in [1.29, 1.82) is 0 Å². The molecule has 0 amide bonds. The van der Waals surface area contributed by atoms with Crippen LogP contribution in [0.15, 0.2) is 12.1 Å². The summed E-state index contributed by atoms with van der Waals surface area (Å²) >= 11 is 0. The van der Waals surface area contributed by atoms with Crippen molar-refractivity contribution in [3.63, 3.8) is 0 Å². The van der Waals surface area contributed by atoms with Gasteiger partial charge in [-0.15, -0.1) is 0 Å². The van der Waals surface area contributed by atoms with Gasteiger partial charge in [-0.25, -0.2) is 0 Å². The van der Waals surface area contributed by atoms with Crippen LogP contribution in [0.1, 0.15) is 49.3 Å². The minimum atomic E-state index is 0.375. The molecule has 4 rings (SSSR count). The smallest absolute Gasteiger partial charge is 0.231 e. The molecule has 1 N–H and O–H groups in total. The Balaban J connectivity index is 1.69. The zero-order valence-electron chi connectivity index (χ0n) is 11.3. The number of hydrogen-bond acceptors (Lipinski definition) is 3. The Bertz CT molecular complexity index is 480. The average Bonchev–Trinajstić information content (AvgIpc) is 2.92. The first-order valence-electron chi connectivity index (χ1n) is 7.57. The Morgan fingerprint density at radius 3 is 2.63 bits per heavy atom. The van der Waals surface area contributed by atoms with Gasteiger partial charge in [-0.05, 0) is 55.0 Å². The van der Waals surface area contributed by atoms with Gasteiger partial charge < -0.3 is 14.8 Å². The molecule has 3 nitrogen and oxygen atoms in total. The van der Waals surface area contributed by atoms with Crippen molar-refractivity contribution in [3.05, 3.63) is 23.3 Å². The Labute approximate surface area is 114 Å². The van der Waals surface area contributed by atoms with Crippen LogP contribution in [0.25, 0.3) is 0 Å². The van der Waals surface area contributed by atoms with Gasteiger partial charge in [0.25, 0.3) is 0 Å². The van der Waals surface area contributed by atoms with E-state index in [-0.39, 0.29) is 0 Å². The molecular weight excluding hydrogens is 238 g/mol. The third-order valence-corrected chi connectivity index (χ3v) is 4.85. The van der Waals surface area contributed by atoms with Crippen molar-refractivity contribution in [2.75, 3.05) is 13.3 Å². The number of benzene rings is 1. The van der Waals surface area contributed by atoms with Crippen molar-refractivity contribution >= 4 is 0 Å². The molecule has 0 spiro atoms. The molecule has 1 aromatic carbocycles. The normalized spacial score (nSPS) is 26.2. The summed E-state index contributed by atoms with van der Waals surface area (Å²) in [6.45, 7) is 1.47. The second-order valence-corrected chi connectivity index (χ2v) is 5.98. The van der Waals surface area contributed by atoms with Crippen LogP contribution in [0.5, 0.6) is 11.5 Å². The molecule has 0 aromatic heterocycles. The lowest BCUT2D eigenvalue weighted by molar-refractivity contribution is 0.174. The van der Waals surface area contributed by atoms with E-state index in [1.807, 2.05) is 0 Å². The van der Waals surface area contributed by atoms with E-state index in [1.165, 1.54) is 43.2 Å². The van der Waals surface area contributed by atoms with Gasteiger partial charge in [0.15, 0.2) is 11.5 Å². The first-order chi connectivity index (χ1) is 9.42. The van der Waals surface area contributed by atoms with E-state index in [9.17, 15) is 0 Å². The molecule has 1 aliphatic carbocycles. The Kier molecular flexibility index (Phi) is 2.87. The number of hydrogen-bond donors (Lipinski definition) is 1. The fourth-order valence-electron chi connectivity index (χ4n) is 3.87. The summed E-state index contributed by atoms with van der Waals surface area (Å²) in [7, 11) is 0. The molecule has 0 bridgehead atoms. The van der Waals surface area contributed by atoms with Crippen LogP contribution in [-0.2, 0) is 6.42 Å². The van der Waals surface area contributed by atoms with Gasteiger partial charge in [0.05, 0.1) is 0 Å². The van der Waals surface area contributed by atoms with E-state index < -0.39 is 0 Å². The number of ether oxygens (including phenoxy) is 2. The highest BCUT2D eigenvalue weighted by molar-refractivity contribution is 5.50. The molecule has 3 aliphatic rings. The summed E-state index contributed by atoms with van der Waals surface area (Å²) in [5.74, 6) is 2.67. The predicted octanol–water partition coefficient (Wildman–Crippen LogP) is 3.18. The topological polar surface area (TPSA) is 30.5 Å². The van der Waals surface area contributed by atoms with Gasteiger partial charge in [0.2, 0.25) is 6.79 Å². The summed E-state index contributed by atoms with van der Waals surface area (Å²) in [5, 5.41) is 3.74. The molecule has 2 aliphatic heterocycles. The maximum Gasteiger partial charge on any atom is 0.231 e. The summed E-state index contributed by atoms with van der Waals surface area (Å²) in [5.41, 5.74) is 2.92. The Hall–Kier alpha value is -1.22. The highest BCUT2D eigenvalue weighted by Gasteiger charge is 2.30. The van der Waals surface area contributed by atoms with Crippen LogP contribution in [-0.4, -0.2) is 13.3 Å². The van der Waals surface area contributed by atoms with Crippen molar-refractivity contribution in [1.82, 2.24) is 5.32 Å². The van der Waals surface area contributed by atoms with E-state index in [2.05, 4.69) is 17.4 Å². The van der Waals surface area contributed by atoms with E-state index >= 15 is 0 Å². The Morgan fingerprint density at radius 2 is 1.79 bits per heavy atom. The summed E-state index contributed by atoms with van der Waals surface area (Å²) in [6, 6.07) is 4.95. The highest BCUT2D eigenvalue weighted by Crippen LogP contribution is 2.42. The monoisotopic (exact) mass is 259 g/mol. The molecule has 0 saturated heterocycles. The minimum Gasteiger partial charge on any atom is -0.454 e. The Morgan fingerprint density at radius 1 is 1.00 bits per heavy atom. The van der Waals surface area contributed by atoms with Crippen molar-refractivity contribution in [2.45, 2.75) is 44.6 Å². The van der Waals surface area contributed by atoms with Crippen LogP contribution in [0.3, 0.4) is 0 Å². The van der Waals surface area contributed by atoms with Gasteiger partial charge in [0.1, 0.15) is 0 Å². The molecule has 1 unspecified atom stereocenters. The first kappa shape index (κ1) is 11.6. The van der Waals surface area contributed by atoms with Gasteiger partial charge in [-0.2, -0.15) is 0 Å². The summed E-state index contributed by atoms with van der Waals surface area (Å²) in [4.78, 5) is 0. The van der Waals surface area contributed by atoms with E-state index in [4.69, 9.17) is 9.47 Å². The number of nitrogens with one attached hydrogen (secondary N) is 1. The first-order valence-corrected chi connectivity index (χ1v) is 7.57. The van der Waals surface area contributed by atoms with Crippen molar-refractivity contribution in [2.24, 2.45) is 5.92 Å². The standard InChI is InChI=1S/C16H21NO2/c1-2-4-11(5-3-1)16-13-9-15-14(18-10-19-15)8-12(13)6-7-17-16/h8-9,11,16-17H,1-7,10H2. The van der Waals surface area contributed by atoms with Gasteiger partial charge in [-0.3, -0.25) is 0 Å². The fraction of sp³-hybridized carbons (Fsp3) is 0.625. The van der Waals surface area contributed by atoms with Crippen LogP contribution >= 0.6 is 0 Å². The fourth-order valence-corrected chi connectivity index (χ4v) is 3.87. The summed E-state index contributed by atoms with van der Waals surface area (Å²) in [6.07, 6.45) is 8.04. The predicted molar refractivity (Wildman–Crippen MR) is 73.6 cm³/mol. The van der Waals surface area contributed by atoms with Crippen LogP contribution < -0.4 is 14.8 Å². The van der Waals surface area contributed by atoms with Crippen LogP contribution in [0.2, 0.25) is 0 Å². The van der Waals surface area contributed by atoms with Gasteiger partial charge in [0, 0.05) is 6.04 Å². The largest absolute Gasteiger partial charge is 0.454 e. The highest BCUT2D eigenvalue weighted by atomic mass is 16.7. The maximum absolute atomic E-state index is 5.55. The molecule has 1 aromatic rings. The lowest BCUT2D eigenvalue weighted by Gasteiger charge is -2.35. The van der Waals surface area contributed by atoms with E-state index in [1.54, 1.807) is 0 Å². The second-order valence-electron chi connectivity index (χ2n) is 5.98. The van der Waals surface area contributed by atoms with Crippen LogP contribution in [0.4, 0.5) is 0 Å². The number of rotatable bonds is 1. The zero-order valence-corrected chi connectivity index (χ0v) is 11.3. The third-order valence-electron chi connectivity index (χ3n) is 4.85. The summed E-state index contributed by atoms with van der Waals surface area (Å²) < 4.78 is 11.1. The van der Waals surface area contributed by atoms with Gasteiger partial charge in [-0.1, -0.05) is 19.3 Å². The zero-order chi connectivity index (χ0) is 12.7. The van der Waals surface area contributed by atoms with E-state index in [0.29, 0.717) is 12.8 Å². The lowest BCUT2D eigenvalue weighted by atomic mass is 9.78. The van der Waals surface area contributed by atoms with E-state index in [0.717, 1.165) is 30.4 Å². The molecule has 1 saturated carbocycles. The maximum atomic E-state index is 5.55. The van der Waals surface area contributed by atoms with Crippen molar-refractivity contribution in [3.8, 4) is 11.5 Å². The SMILES string of the molecule is c1c2c(cc3c1OCO3)C(C1CCCCC1)NCC2. The minimum absolute atomic E-state index is 0.375.